The molecule has 0 saturated carbocycles. The van der Waals surface area contributed by atoms with Gasteiger partial charge in [-0.1, -0.05) is 18.2 Å². The Labute approximate surface area is 135 Å². The van der Waals surface area contributed by atoms with E-state index in [4.69, 9.17) is 9.47 Å². The first-order valence-electron chi connectivity index (χ1n) is 6.94. The van der Waals surface area contributed by atoms with Crippen LogP contribution >= 0.6 is 11.8 Å². The standard InChI is InChI=1S/C15H14N2O5S/c18-11-6-7-17(15(20)16-11)12-9-23-13(22-12)8-21-14(19)10-4-2-1-3-5-10/h1-7,12-13H,8-9H2,(H,16,18,20)/t12-,13+/m0/s1. The summed E-state index contributed by atoms with van der Waals surface area (Å²) in [5.74, 6) is 0.110. The summed E-state index contributed by atoms with van der Waals surface area (Å²) in [6, 6.07) is 9.95. The second-order valence-electron chi connectivity index (χ2n) is 4.84. The number of ether oxygens (including phenoxy) is 2. The average Bonchev–Trinajstić information content (AvgIpc) is 3.02. The molecule has 0 aliphatic carbocycles. The number of carbonyl (C=O) groups excluding carboxylic acids is 1. The van der Waals surface area contributed by atoms with E-state index in [-0.39, 0.29) is 12.0 Å². The van der Waals surface area contributed by atoms with E-state index in [1.807, 2.05) is 6.07 Å². The second-order valence-corrected chi connectivity index (χ2v) is 6.03. The Morgan fingerprint density at radius 1 is 1.30 bits per heavy atom. The molecule has 1 fully saturated rings. The monoisotopic (exact) mass is 334 g/mol. The van der Waals surface area contributed by atoms with E-state index in [9.17, 15) is 14.4 Å². The molecule has 2 atom stereocenters. The van der Waals surface area contributed by atoms with Gasteiger partial charge >= 0.3 is 11.7 Å². The number of nitrogens with one attached hydrogen (secondary N) is 1. The third-order valence-electron chi connectivity index (χ3n) is 3.25. The fourth-order valence-corrected chi connectivity index (χ4v) is 3.12. The highest BCUT2D eigenvalue weighted by atomic mass is 32.2. The van der Waals surface area contributed by atoms with Crippen LogP contribution in [-0.2, 0) is 9.47 Å². The number of thioether (sulfide) groups is 1. The van der Waals surface area contributed by atoms with Gasteiger partial charge in [0.2, 0.25) is 0 Å². The molecule has 0 radical (unpaired) electrons. The van der Waals surface area contributed by atoms with E-state index in [2.05, 4.69) is 4.98 Å². The van der Waals surface area contributed by atoms with Gasteiger partial charge in [-0.2, -0.15) is 0 Å². The Morgan fingerprint density at radius 2 is 2.09 bits per heavy atom. The topological polar surface area (TPSA) is 90.4 Å². The molecule has 23 heavy (non-hydrogen) atoms. The molecule has 0 unspecified atom stereocenters. The van der Waals surface area contributed by atoms with Crippen molar-refractivity contribution in [1.29, 1.82) is 0 Å². The molecule has 7 nitrogen and oxygen atoms in total. The van der Waals surface area contributed by atoms with Crippen molar-refractivity contribution in [2.45, 2.75) is 11.7 Å². The van der Waals surface area contributed by atoms with Crippen LogP contribution in [0.3, 0.4) is 0 Å². The van der Waals surface area contributed by atoms with E-state index in [0.29, 0.717) is 11.3 Å². The smallest absolute Gasteiger partial charge is 0.338 e. The number of esters is 1. The number of hydrogen-bond donors (Lipinski definition) is 1. The summed E-state index contributed by atoms with van der Waals surface area (Å²) in [6.45, 7) is 0.0903. The number of rotatable bonds is 4. The molecule has 1 aliphatic rings. The van der Waals surface area contributed by atoms with Crippen LogP contribution in [0.2, 0.25) is 0 Å². The molecule has 0 amide bonds. The lowest BCUT2D eigenvalue weighted by Crippen LogP contribution is -2.32. The maximum Gasteiger partial charge on any atom is 0.338 e. The van der Waals surface area contributed by atoms with Crippen LogP contribution in [0.25, 0.3) is 0 Å². The largest absolute Gasteiger partial charge is 0.458 e. The summed E-state index contributed by atoms with van der Waals surface area (Å²) in [5.41, 5.74) is -0.856. The lowest BCUT2D eigenvalue weighted by molar-refractivity contribution is -0.0178. The Balaban J connectivity index is 1.57. The van der Waals surface area contributed by atoms with Gasteiger partial charge < -0.3 is 9.47 Å². The van der Waals surface area contributed by atoms with Crippen molar-refractivity contribution in [3.8, 4) is 0 Å². The van der Waals surface area contributed by atoms with E-state index >= 15 is 0 Å². The Bertz CT molecular complexity index is 801. The van der Waals surface area contributed by atoms with Gasteiger partial charge in [0.1, 0.15) is 18.3 Å². The van der Waals surface area contributed by atoms with E-state index in [0.717, 1.165) is 0 Å². The van der Waals surface area contributed by atoms with E-state index < -0.39 is 23.4 Å². The molecular weight excluding hydrogens is 320 g/mol. The third kappa shape index (κ3) is 3.72. The number of nitrogens with zero attached hydrogens (tertiary/aromatic N) is 1. The number of aromatic amines is 1. The Morgan fingerprint density at radius 3 is 2.83 bits per heavy atom. The average molecular weight is 334 g/mol. The first kappa shape index (κ1) is 15.6. The number of benzene rings is 1. The molecule has 2 aromatic rings. The third-order valence-corrected chi connectivity index (χ3v) is 4.35. The zero-order valence-corrected chi connectivity index (χ0v) is 12.8. The molecule has 1 aliphatic heterocycles. The first-order chi connectivity index (χ1) is 11.1. The molecule has 1 saturated heterocycles. The fourth-order valence-electron chi connectivity index (χ4n) is 2.13. The molecule has 1 aromatic heterocycles. The normalized spacial score (nSPS) is 20.3. The Kier molecular flexibility index (Phi) is 4.63. The van der Waals surface area contributed by atoms with Crippen LogP contribution in [0.15, 0.2) is 52.2 Å². The van der Waals surface area contributed by atoms with Gasteiger partial charge in [0.15, 0.2) is 0 Å². The van der Waals surface area contributed by atoms with Crippen LogP contribution < -0.4 is 11.2 Å². The van der Waals surface area contributed by atoms with Crippen LogP contribution in [0.1, 0.15) is 16.6 Å². The van der Waals surface area contributed by atoms with Gasteiger partial charge in [-0.05, 0) is 12.1 Å². The quantitative estimate of drug-likeness (QED) is 0.838. The van der Waals surface area contributed by atoms with E-state index in [1.54, 1.807) is 24.3 Å². The van der Waals surface area contributed by atoms with Gasteiger partial charge in [0.05, 0.1) is 5.56 Å². The minimum absolute atomic E-state index is 0.0903. The molecular formula is C15H14N2O5S. The van der Waals surface area contributed by atoms with Crippen molar-refractivity contribution >= 4 is 17.7 Å². The van der Waals surface area contributed by atoms with E-state index in [1.165, 1.54) is 28.6 Å². The summed E-state index contributed by atoms with van der Waals surface area (Å²) in [6.07, 6.45) is 0.898. The molecule has 2 heterocycles. The van der Waals surface area contributed by atoms with Gasteiger partial charge in [0, 0.05) is 18.0 Å². The summed E-state index contributed by atoms with van der Waals surface area (Å²) >= 11 is 1.44. The molecule has 120 valence electrons. The predicted octanol–water partition coefficient (Wildman–Crippen LogP) is 0.982. The zero-order valence-electron chi connectivity index (χ0n) is 12.0. The highest BCUT2D eigenvalue weighted by molar-refractivity contribution is 8.00. The van der Waals surface area contributed by atoms with Crippen LogP contribution in [0, 0.1) is 0 Å². The number of H-pyrrole nitrogens is 1. The minimum Gasteiger partial charge on any atom is -0.458 e. The number of aromatic nitrogens is 2. The highest BCUT2D eigenvalue weighted by Gasteiger charge is 2.29. The minimum atomic E-state index is -0.523. The molecule has 1 N–H and O–H groups in total. The van der Waals surface area contributed by atoms with Gasteiger partial charge in [-0.25, -0.2) is 9.59 Å². The van der Waals surface area contributed by atoms with Crippen LogP contribution in [0.5, 0.6) is 0 Å². The van der Waals surface area contributed by atoms with Crippen molar-refractivity contribution in [3.05, 3.63) is 69.0 Å². The lowest BCUT2D eigenvalue weighted by atomic mass is 10.2. The number of carbonyl (C=O) groups is 1. The van der Waals surface area contributed by atoms with Crippen molar-refractivity contribution in [2.24, 2.45) is 0 Å². The molecule has 0 bridgehead atoms. The van der Waals surface area contributed by atoms with Crippen LogP contribution in [0.4, 0.5) is 0 Å². The highest BCUT2D eigenvalue weighted by Crippen LogP contribution is 2.30. The summed E-state index contributed by atoms with van der Waals surface area (Å²) < 4.78 is 12.2. The van der Waals surface area contributed by atoms with Crippen molar-refractivity contribution in [1.82, 2.24) is 9.55 Å². The summed E-state index contributed by atoms with van der Waals surface area (Å²) in [4.78, 5) is 36.8. The first-order valence-corrected chi connectivity index (χ1v) is 7.99. The molecule has 3 rings (SSSR count). The zero-order chi connectivity index (χ0) is 16.2. The van der Waals surface area contributed by atoms with Crippen molar-refractivity contribution in [3.63, 3.8) is 0 Å². The Hall–Kier alpha value is -2.32. The molecule has 1 aromatic carbocycles. The molecule has 0 spiro atoms. The van der Waals surface area contributed by atoms with Gasteiger partial charge in [-0.15, -0.1) is 11.8 Å². The van der Waals surface area contributed by atoms with Gasteiger partial charge in [0.25, 0.3) is 5.56 Å². The second kappa shape index (κ2) is 6.84. The predicted molar refractivity (Wildman–Crippen MR) is 84.4 cm³/mol. The number of hydrogen-bond acceptors (Lipinski definition) is 6. The van der Waals surface area contributed by atoms with Crippen LogP contribution in [-0.4, -0.2) is 33.3 Å². The maximum absolute atomic E-state index is 11.9. The summed E-state index contributed by atoms with van der Waals surface area (Å²) in [5, 5.41) is 0. The molecule has 8 heteroatoms. The van der Waals surface area contributed by atoms with Crippen molar-refractivity contribution in [2.75, 3.05) is 12.4 Å². The fraction of sp³-hybridized carbons (Fsp3) is 0.267. The van der Waals surface area contributed by atoms with Crippen molar-refractivity contribution < 1.29 is 14.3 Å². The SMILES string of the molecule is O=C(OC[C@@H]1O[C@H](n2ccc(=O)[nH]c2=O)CS1)c1ccccc1. The van der Waals surface area contributed by atoms with Gasteiger partial charge in [-0.3, -0.25) is 14.3 Å². The summed E-state index contributed by atoms with van der Waals surface area (Å²) in [7, 11) is 0. The lowest BCUT2D eigenvalue weighted by Gasteiger charge is -2.14. The maximum atomic E-state index is 11.9.